The highest BCUT2D eigenvalue weighted by molar-refractivity contribution is 5.89. The van der Waals surface area contributed by atoms with Crippen LogP contribution in [0.4, 0.5) is 0 Å². The second-order valence-corrected chi connectivity index (χ2v) is 7.92. The summed E-state index contributed by atoms with van der Waals surface area (Å²) in [6, 6.07) is 0. The Balaban J connectivity index is 1.95. The van der Waals surface area contributed by atoms with Gasteiger partial charge < -0.3 is 14.6 Å². The number of carbonyl (C=O) groups excluding carboxylic acids is 1. The first-order valence-electron chi connectivity index (χ1n) is 11.8. The van der Waals surface area contributed by atoms with Gasteiger partial charge in [0.25, 0.3) is 5.76 Å². The zero-order valence-corrected chi connectivity index (χ0v) is 18.7. The average Bonchev–Trinajstić information content (AvgIpc) is 2.99. The first kappa shape index (κ1) is 25.3. The van der Waals surface area contributed by atoms with Gasteiger partial charge in [0.15, 0.2) is 11.9 Å². The van der Waals surface area contributed by atoms with E-state index in [1.54, 1.807) is 13.0 Å². The predicted molar refractivity (Wildman–Crippen MR) is 120 cm³/mol. The molecule has 1 rings (SSSR count). The van der Waals surface area contributed by atoms with E-state index in [-0.39, 0.29) is 11.5 Å². The molecule has 0 aromatic rings. The number of aliphatic hydroxyl groups excluding tert-OH is 1. The van der Waals surface area contributed by atoms with Gasteiger partial charge in [0.1, 0.15) is 0 Å². The Kier molecular flexibility index (Phi) is 15.0. The van der Waals surface area contributed by atoms with E-state index in [1.807, 2.05) is 0 Å². The van der Waals surface area contributed by atoms with Crippen LogP contribution in [0.25, 0.3) is 0 Å². The zero-order chi connectivity index (χ0) is 21.2. The Bertz CT molecular complexity index is 519. The normalized spacial score (nSPS) is 17.0. The van der Waals surface area contributed by atoms with Crippen molar-refractivity contribution >= 4 is 5.97 Å². The summed E-state index contributed by atoms with van der Waals surface area (Å²) >= 11 is 0. The van der Waals surface area contributed by atoms with Crippen LogP contribution in [0, 0.1) is 0 Å². The van der Waals surface area contributed by atoms with Crippen LogP contribution in [0.1, 0.15) is 110 Å². The lowest BCUT2D eigenvalue weighted by Crippen LogP contribution is -2.10. The molecule has 0 saturated heterocycles. The number of rotatable bonds is 18. The topological polar surface area (TPSA) is 55.8 Å². The van der Waals surface area contributed by atoms with Gasteiger partial charge in [0, 0.05) is 0 Å². The van der Waals surface area contributed by atoms with E-state index in [0.717, 1.165) is 12.8 Å². The molecule has 4 nitrogen and oxygen atoms in total. The van der Waals surface area contributed by atoms with Crippen molar-refractivity contribution in [2.75, 3.05) is 0 Å². The third-order valence-electron chi connectivity index (χ3n) is 5.28. The lowest BCUT2D eigenvalue weighted by molar-refractivity contribution is -0.142. The highest BCUT2D eigenvalue weighted by Crippen LogP contribution is 2.25. The minimum atomic E-state index is -0.592. The molecule has 29 heavy (non-hydrogen) atoms. The van der Waals surface area contributed by atoms with Crippen molar-refractivity contribution in [1.82, 2.24) is 0 Å². The second-order valence-electron chi connectivity index (χ2n) is 7.92. The highest BCUT2D eigenvalue weighted by Gasteiger charge is 2.35. The summed E-state index contributed by atoms with van der Waals surface area (Å²) in [4.78, 5) is 11.7. The Morgan fingerprint density at radius 2 is 1.45 bits per heavy atom. The largest absolute Gasteiger partial charge is 0.505 e. The lowest BCUT2D eigenvalue weighted by atomic mass is 10.0. The third kappa shape index (κ3) is 11.8. The number of allylic oxidation sites excluding steroid dienone is 3. The van der Waals surface area contributed by atoms with Gasteiger partial charge in [-0.3, -0.25) is 0 Å². The molecule has 0 radical (unpaired) electrons. The molecule has 166 valence electrons. The maximum absolute atomic E-state index is 11.7. The van der Waals surface area contributed by atoms with Gasteiger partial charge in [-0.2, -0.15) is 0 Å². The van der Waals surface area contributed by atoms with Crippen LogP contribution in [-0.4, -0.2) is 17.2 Å². The maximum atomic E-state index is 11.7. The molecule has 1 N–H and O–H groups in total. The number of esters is 1. The number of aliphatic hydroxyl groups is 1. The number of ether oxygens (including phenoxy) is 2. The summed E-state index contributed by atoms with van der Waals surface area (Å²) in [6.07, 6.45) is 25.6. The van der Waals surface area contributed by atoms with Crippen LogP contribution >= 0.6 is 0 Å². The second kappa shape index (κ2) is 17.2. The summed E-state index contributed by atoms with van der Waals surface area (Å²) in [5.41, 5.74) is 0. The van der Waals surface area contributed by atoms with E-state index in [0.29, 0.717) is 6.42 Å². The standard InChI is InChI=1S/C25H42O4/c1-3-5-6-7-8-9-10-11-12-13-14-15-16-17-18-19-20-22-23(26)24(25(27)29-22)28-21-4-2/h4,17-18,21-22,26H,3,5-16,19-20H2,1-2H3. The van der Waals surface area contributed by atoms with Gasteiger partial charge in [0.2, 0.25) is 0 Å². The molecule has 1 aliphatic heterocycles. The minimum Gasteiger partial charge on any atom is -0.505 e. The maximum Gasteiger partial charge on any atom is 0.378 e. The van der Waals surface area contributed by atoms with E-state index in [4.69, 9.17) is 9.47 Å². The summed E-state index contributed by atoms with van der Waals surface area (Å²) in [5, 5.41) is 10.0. The van der Waals surface area contributed by atoms with Crippen LogP contribution in [-0.2, 0) is 14.3 Å². The van der Waals surface area contributed by atoms with Gasteiger partial charge >= 0.3 is 5.97 Å². The van der Waals surface area contributed by atoms with Gasteiger partial charge in [-0.1, -0.05) is 95.8 Å². The molecule has 0 amide bonds. The molecule has 0 fully saturated rings. The van der Waals surface area contributed by atoms with E-state index in [2.05, 4.69) is 19.1 Å². The Morgan fingerprint density at radius 1 is 0.897 bits per heavy atom. The van der Waals surface area contributed by atoms with E-state index in [9.17, 15) is 9.90 Å². The van der Waals surface area contributed by atoms with Crippen LogP contribution < -0.4 is 0 Å². The van der Waals surface area contributed by atoms with Crippen LogP contribution in [0.5, 0.6) is 0 Å². The van der Waals surface area contributed by atoms with Gasteiger partial charge in [-0.25, -0.2) is 4.79 Å². The first-order chi connectivity index (χ1) is 14.2. The molecule has 0 aromatic heterocycles. The molecule has 0 bridgehead atoms. The SMILES string of the molecule is CC=COC1=C(O)C(CCC=CCCCCCCCCCCCCCC)OC1=O. The van der Waals surface area contributed by atoms with Crippen molar-refractivity contribution in [3.8, 4) is 0 Å². The predicted octanol–water partition coefficient (Wildman–Crippen LogP) is 7.66. The van der Waals surface area contributed by atoms with Gasteiger partial charge in [-0.15, -0.1) is 0 Å². The number of hydrogen-bond acceptors (Lipinski definition) is 4. The average molecular weight is 407 g/mol. The number of cyclic esters (lactones) is 1. The van der Waals surface area contributed by atoms with Crippen LogP contribution in [0.15, 0.2) is 36.0 Å². The Labute approximate surface area is 178 Å². The van der Waals surface area contributed by atoms with E-state index < -0.39 is 12.1 Å². The summed E-state index contributed by atoms with van der Waals surface area (Å²) in [7, 11) is 0. The molecular weight excluding hydrogens is 364 g/mol. The fourth-order valence-electron chi connectivity index (χ4n) is 3.52. The molecule has 1 unspecified atom stereocenters. The molecule has 0 aliphatic carbocycles. The molecule has 4 heteroatoms. The molecule has 1 atom stereocenters. The zero-order valence-electron chi connectivity index (χ0n) is 18.7. The van der Waals surface area contributed by atoms with E-state index >= 15 is 0 Å². The number of hydrogen-bond donors (Lipinski definition) is 1. The third-order valence-corrected chi connectivity index (χ3v) is 5.28. The fourth-order valence-corrected chi connectivity index (χ4v) is 3.52. The van der Waals surface area contributed by atoms with Crippen molar-refractivity contribution in [1.29, 1.82) is 0 Å². The lowest BCUT2D eigenvalue weighted by Gasteiger charge is -2.07. The van der Waals surface area contributed by atoms with Crippen LogP contribution in [0.2, 0.25) is 0 Å². The quantitative estimate of drug-likeness (QED) is 0.110. The van der Waals surface area contributed by atoms with Crippen LogP contribution in [0.3, 0.4) is 0 Å². The monoisotopic (exact) mass is 406 g/mol. The summed E-state index contributed by atoms with van der Waals surface area (Å²) in [5.74, 6) is -0.776. The molecule has 1 heterocycles. The number of carbonyl (C=O) groups is 1. The van der Waals surface area contributed by atoms with Gasteiger partial charge in [-0.05, 0) is 32.6 Å². The molecule has 0 aromatic carbocycles. The fraction of sp³-hybridized carbons (Fsp3) is 0.720. The van der Waals surface area contributed by atoms with Crippen molar-refractivity contribution in [2.24, 2.45) is 0 Å². The van der Waals surface area contributed by atoms with Gasteiger partial charge in [0.05, 0.1) is 6.26 Å². The Morgan fingerprint density at radius 3 is 2.03 bits per heavy atom. The molecule has 1 aliphatic rings. The summed E-state index contributed by atoms with van der Waals surface area (Å²) in [6.45, 7) is 4.04. The summed E-state index contributed by atoms with van der Waals surface area (Å²) < 4.78 is 10.2. The first-order valence-corrected chi connectivity index (χ1v) is 11.8. The van der Waals surface area contributed by atoms with Crippen molar-refractivity contribution in [3.05, 3.63) is 36.0 Å². The molecule has 0 saturated carbocycles. The number of unbranched alkanes of at least 4 members (excludes halogenated alkanes) is 12. The highest BCUT2D eigenvalue weighted by atomic mass is 16.6. The van der Waals surface area contributed by atoms with Crippen molar-refractivity contribution in [2.45, 2.75) is 116 Å². The van der Waals surface area contributed by atoms with E-state index in [1.165, 1.54) is 83.3 Å². The van der Waals surface area contributed by atoms with Crippen molar-refractivity contribution < 1.29 is 19.4 Å². The molecular formula is C25H42O4. The minimum absolute atomic E-state index is 0.0893. The van der Waals surface area contributed by atoms with Crippen molar-refractivity contribution in [3.63, 3.8) is 0 Å². The Hall–Kier alpha value is -1.71. The molecule has 0 spiro atoms. The smallest absolute Gasteiger partial charge is 0.378 e.